The lowest BCUT2D eigenvalue weighted by Crippen LogP contribution is -2.13. The van der Waals surface area contributed by atoms with Gasteiger partial charge in [0.25, 0.3) is 0 Å². The first-order chi connectivity index (χ1) is 13.6. The smallest absolute Gasteiger partial charge is 0.210 e. The summed E-state index contributed by atoms with van der Waals surface area (Å²) in [6.45, 7) is 6.39. The van der Waals surface area contributed by atoms with Gasteiger partial charge in [-0.1, -0.05) is 62.7 Å². The van der Waals surface area contributed by atoms with Crippen LogP contribution in [0.25, 0.3) is 0 Å². The summed E-state index contributed by atoms with van der Waals surface area (Å²) in [6, 6.07) is 16.5. The Hall–Kier alpha value is -2.07. The first kappa shape index (κ1) is 20.7. The predicted molar refractivity (Wildman–Crippen MR) is 116 cm³/mol. The monoisotopic (exact) mass is 395 g/mol. The van der Waals surface area contributed by atoms with E-state index in [-0.39, 0.29) is 11.5 Å². The van der Waals surface area contributed by atoms with E-state index in [1.165, 1.54) is 29.7 Å². The quantitative estimate of drug-likeness (QED) is 0.220. The zero-order valence-electron chi connectivity index (χ0n) is 16.9. The van der Waals surface area contributed by atoms with Crippen LogP contribution in [-0.4, -0.2) is 16.7 Å². The number of carbonyl (C=O) groups excluding carboxylic acids is 1. The fraction of sp³-hybridized carbons (Fsp3) is 0.417. The molecule has 148 valence electrons. The molecule has 28 heavy (non-hydrogen) atoms. The minimum Gasteiger partial charge on any atom is -0.411 e. The zero-order valence-corrected chi connectivity index (χ0v) is 17.7. The number of oxime groups is 1. The first-order valence-electron chi connectivity index (χ1n) is 10.3. The van der Waals surface area contributed by atoms with Gasteiger partial charge in [0.2, 0.25) is 5.78 Å². The standard InChI is InChI=1S/C24H29NO2S/c1-4-7-21-20(5-2)23(21)16-8-12-18(13-9-16)28-19-14-10-17(11-15-19)24(26)22(6-3)25-27/h8-15,20-21,23,27H,4-7H2,1-3H3/b25-22+. The summed E-state index contributed by atoms with van der Waals surface area (Å²) in [4.78, 5) is 14.5. The van der Waals surface area contributed by atoms with Crippen LogP contribution in [0.15, 0.2) is 63.5 Å². The van der Waals surface area contributed by atoms with Crippen LogP contribution in [0, 0.1) is 11.8 Å². The van der Waals surface area contributed by atoms with Gasteiger partial charge < -0.3 is 5.21 Å². The molecular weight excluding hydrogens is 366 g/mol. The normalized spacial score (nSPS) is 21.5. The van der Waals surface area contributed by atoms with Crippen molar-refractivity contribution in [2.24, 2.45) is 17.0 Å². The van der Waals surface area contributed by atoms with Gasteiger partial charge in [-0.2, -0.15) is 0 Å². The third-order valence-electron chi connectivity index (χ3n) is 5.76. The van der Waals surface area contributed by atoms with Gasteiger partial charge in [0.15, 0.2) is 0 Å². The fourth-order valence-electron chi connectivity index (χ4n) is 4.23. The molecular formula is C24H29NO2S. The summed E-state index contributed by atoms with van der Waals surface area (Å²) in [6.07, 6.45) is 4.30. The van der Waals surface area contributed by atoms with Crippen molar-refractivity contribution < 1.29 is 10.0 Å². The minimum absolute atomic E-state index is 0.183. The van der Waals surface area contributed by atoms with E-state index in [9.17, 15) is 4.79 Å². The Bertz CT molecular complexity index is 827. The Labute approximate surface area is 172 Å². The minimum atomic E-state index is -0.220. The highest BCUT2D eigenvalue weighted by Crippen LogP contribution is 2.58. The Morgan fingerprint density at radius 3 is 2.07 bits per heavy atom. The van der Waals surface area contributed by atoms with E-state index in [0.717, 1.165) is 22.6 Å². The van der Waals surface area contributed by atoms with Crippen molar-refractivity contribution in [3.63, 3.8) is 0 Å². The Balaban J connectivity index is 1.64. The molecule has 3 unspecified atom stereocenters. The molecule has 0 spiro atoms. The van der Waals surface area contributed by atoms with E-state index in [1.54, 1.807) is 30.8 Å². The average molecular weight is 396 g/mol. The van der Waals surface area contributed by atoms with Crippen molar-refractivity contribution in [1.82, 2.24) is 0 Å². The Morgan fingerprint density at radius 1 is 0.964 bits per heavy atom. The van der Waals surface area contributed by atoms with Gasteiger partial charge in [-0.25, -0.2) is 0 Å². The Kier molecular flexibility index (Phi) is 6.95. The highest BCUT2D eigenvalue weighted by molar-refractivity contribution is 7.99. The Morgan fingerprint density at radius 2 is 1.57 bits per heavy atom. The summed E-state index contributed by atoms with van der Waals surface area (Å²) >= 11 is 1.70. The highest BCUT2D eigenvalue weighted by atomic mass is 32.2. The predicted octanol–water partition coefficient (Wildman–Crippen LogP) is 6.80. The summed E-state index contributed by atoms with van der Waals surface area (Å²) < 4.78 is 0. The van der Waals surface area contributed by atoms with Gasteiger partial charge in [-0.3, -0.25) is 4.79 Å². The third kappa shape index (κ3) is 4.49. The summed E-state index contributed by atoms with van der Waals surface area (Å²) in [5.74, 6) is 2.26. The molecule has 1 N–H and O–H groups in total. The molecule has 3 rings (SSSR count). The van der Waals surface area contributed by atoms with Crippen LogP contribution in [-0.2, 0) is 0 Å². The number of hydrogen-bond acceptors (Lipinski definition) is 4. The number of nitrogens with zero attached hydrogens (tertiary/aromatic N) is 1. The van der Waals surface area contributed by atoms with Crippen molar-refractivity contribution in [2.75, 3.05) is 0 Å². The van der Waals surface area contributed by atoms with Crippen molar-refractivity contribution >= 4 is 23.3 Å². The van der Waals surface area contributed by atoms with Crippen LogP contribution < -0.4 is 0 Å². The third-order valence-corrected chi connectivity index (χ3v) is 6.78. The molecule has 3 nitrogen and oxygen atoms in total. The zero-order chi connectivity index (χ0) is 20.1. The second-order valence-corrected chi connectivity index (χ2v) is 8.62. The molecule has 0 aromatic heterocycles. The fourth-order valence-corrected chi connectivity index (χ4v) is 5.05. The number of ketones is 1. The molecule has 1 fully saturated rings. The van der Waals surface area contributed by atoms with Gasteiger partial charge in [0.1, 0.15) is 5.71 Å². The lowest BCUT2D eigenvalue weighted by atomic mass is 10.1. The molecule has 0 saturated heterocycles. The van der Waals surface area contributed by atoms with Gasteiger partial charge >= 0.3 is 0 Å². The van der Waals surface area contributed by atoms with E-state index >= 15 is 0 Å². The molecule has 1 aliphatic carbocycles. The van der Waals surface area contributed by atoms with Gasteiger partial charge in [0, 0.05) is 15.4 Å². The maximum atomic E-state index is 12.2. The number of benzene rings is 2. The molecule has 1 aliphatic rings. The van der Waals surface area contributed by atoms with Gasteiger partial charge in [-0.15, -0.1) is 0 Å². The summed E-state index contributed by atoms with van der Waals surface area (Å²) in [5.41, 5.74) is 2.21. The molecule has 2 aromatic carbocycles. The molecule has 4 heteroatoms. The maximum absolute atomic E-state index is 12.2. The van der Waals surface area contributed by atoms with Crippen molar-refractivity contribution in [2.45, 2.75) is 62.2 Å². The van der Waals surface area contributed by atoms with E-state index in [4.69, 9.17) is 5.21 Å². The second kappa shape index (κ2) is 9.42. The van der Waals surface area contributed by atoms with Gasteiger partial charge in [-0.05, 0) is 72.6 Å². The van der Waals surface area contributed by atoms with Crippen molar-refractivity contribution in [3.8, 4) is 0 Å². The first-order valence-corrected chi connectivity index (χ1v) is 11.1. The van der Waals surface area contributed by atoms with Crippen LogP contribution in [0.3, 0.4) is 0 Å². The number of carbonyl (C=O) groups is 1. The molecule has 1 saturated carbocycles. The molecule has 0 bridgehead atoms. The lowest BCUT2D eigenvalue weighted by Gasteiger charge is -2.06. The number of hydrogen-bond donors (Lipinski definition) is 1. The number of Topliss-reactive ketones (excluding diaryl/α,β-unsaturated/α-hetero) is 1. The van der Waals surface area contributed by atoms with Crippen molar-refractivity contribution in [1.29, 1.82) is 0 Å². The van der Waals surface area contributed by atoms with Crippen LogP contribution in [0.1, 0.15) is 68.3 Å². The number of rotatable bonds is 9. The lowest BCUT2D eigenvalue weighted by molar-refractivity contribution is 0.105. The van der Waals surface area contributed by atoms with Crippen LogP contribution in [0.4, 0.5) is 0 Å². The maximum Gasteiger partial charge on any atom is 0.210 e. The van der Waals surface area contributed by atoms with E-state index < -0.39 is 0 Å². The van der Waals surface area contributed by atoms with E-state index in [0.29, 0.717) is 12.0 Å². The van der Waals surface area contributed by atoms with Crippen molar-refractivity contribution in [3.05, 3.63) is 59.7 Å². The molecule has 0 heterocycles. The van der Waals surface area contributed by atoms with E-state index in [1.807, 2.05) is 12.1 Å². The molecule has 0 amide bonds. The second-order valence-electron chi connectivity index (χ2n) is 7.48. The van der Waals surface area contributed by atoms with Gasteiger partial charge in [0.05, 0.1) is 0 Å². The molecule has 0 aliphatic heterocycles. The molecule has 2 aromatic rings. The highest BCUT2D eigenvalue weighted by Gasteiger charge is 2.48. The molecule has 0 radical (unpaired) electrons. The van der Waals surface area contributed by atoms with E-state index in [2.05, 4.69) is 43.3 Å². The summed E-state index contributed by atoms with van der Waals surface area (Å²) in [5, 5.41) is 12.0. The summed E-state index contributed by atoms with van der Waals surface area (Å²) in [7, 11) is 0. The van der Waals surface area contributed by atoms with Crippen LogP contribution >= 0.6 is 11.8 Å². The topological polar surface area (TPSA) is 49.7 Å². The average Bonchev–Trinajstić information content (AvgIpc) is 3.43. The van der Waals surface area contributed by atoms with Crippen LogP contribution in [0.5, 0.6) is 0 Å². The van der Waals surface area contributed by atoms with Crippen LogP contribution in [0.2, 0.25) is 0 Å². The largest absolute Gasteiger partial charge is 0.411 e. The molecule has 3 atom stereocenters. The SMILES string of the molecule is CCCC1C(CC)C1c1ccc(Sc2ccc(C(=O)/C(CC)=N/O)cc2)cc1.